The van der Waals surface area contributed by atoms with Crippen molar-refractivity contribution in [2.75, 3.05) is 0 Å². The first-order chi connectivity index (χ1) is 25.5. The summed E-state index contributed by atoms with van der Waals surface area (Å²) in [4.78, 5) is 4.73. The maximum absolute atomic E-state index is 6.56. The lowest BCUT2D eigenvalue weighted by molar-refractivity contribution is 0.483. The molecule has 9 rings (SSSR count). The summed E-state index contributed by atoms with van der Waals surface area (Å²) >= 11 is 0. The molecule has 5 heteroatoms. The summed E-state index contributed by atoms with van der Waals surface area (Å²) in [5.74, 6) is 2.36. The number of rotatable bonds is 7. The monoisotopic (exact) mass is 672 g/mol. The molecular formula is C47H36N4O. The highest BCUT2D eigenvalue weighted by atomic mass is 16.5. The van der Waals surface area contributed by atoms with Gasteiger partial charge in [-0.05, 0) is 102 Å². The van der Waals surface area contributed by atoms with E-state index in [0.29, 0.717) is 0 Å². The first-order valence-electron chi connectivity index (χ1n) is 17.6. The van der Waals surface area contributed by atoms with Crippen LogP contribution in [0.25, 0.3) is 66.7 Å². The zero-order valence-corrected chi connectivity index (χ0v) is 29.3. The number of hydrogen-bond acceptors (Lipinski definition) is 3. The summed E-state index contributed by atoms with van der Waals surface area (Å²) in [7, 11) is 0. The standard InChI is InChI=1S/C47H36N4O/c1-31-23-24-48-44(25-31)51-42-20-11-10-19-40(42)41-22-21-39(28-43(41)51)52-38-18-12-17-37(27-38)50-30-36(29-49-50)47-45(34-13-6-4-7-14-34)32(2)26-33(3)46(47)35-15-8-5-9-16-35/h4-30H,1-3H3. The van der Waals surface area contributed by atoms with E-state index < -0.39 is 0 Å². The fourth-order valence-electron chi connectivity index (χ4n) is 7.55. The van der Waals surface area contributed by atoms with Crippen molar-refractivity contribution in [1.29, 1.82) is 0 Å². The zero-order valence-electron chi connectivity index (χ0n) is 29.3. The van der Waals surface area contributed by atoms with E-state index in [1.54, 1.807) is 0 Å². The van der Waals surface area contributed by atoms with Gasteiger partial charge in [0.05, 0.1) is 22.9 Å². The highest BCUT2D eigenvalue weighted by molar-refractivity contribution is 6.09. The van der Waals surface area contributed by atoms with Gasteiger partial charge in [0.1, 0.15) is 17.3 Å². The van der Waals surface area contributed by atoms with Crippen molar-refractivity contribution in [3.8, 4) is 56.4 Å². The lowest BCUT2D eigenvalue weighted by Crippen LogP contribution is -1.98. The number of ether oxygens (including phenoxy) is 1. The Labute approximate surface area is 303 Å². The molecule has 0 atom stereocenters. The number of aromatic nitrogens is 4. The van der Waals surface area contributed by atoms with Gasteiger partial charge in [-0.15, -0.1) is 0 Å². The van der Waals surface area contributed by atoms with Crippen molar-refractivity contribution in [3.63, 3.8) is 0 Å². The van der Waals surface area contributed by atoms with Crippen LogP contribution in [0.15, 0.2) is 164 Å². The van der Waals surface area contributed by atoms with Crippen molar-refractivity contribution >= 4 is 21.8 Å². The van der Waals surface area contributed by atoms with Gasteiger partial charge in [-0.1, -0.05) is 91.0 Å². The SMILES string of the molecule is Cc1ccnc(-n2c3ccccc3c3ccc(Oc4cccc(-n5cc(-c6c(-c7ccccc7)c(C)cc(C)c6-c6ccccc6)cn5)c4)cc32)c1. The highest BCUT2D eigenvalue weighted by Crippen LogP contribution is 2.44. The van der Waals surface area contributed by atoms with Crippen LogP contribution in [-0.4, -0.2) is 19.3 Å². The Kier molecular flexibility index (Phi) is 7.74. The minimum absolute atomic E-state index is 0.728. The molecule has 0 radical (unpaired) electrons. The van der Waals surface area contributed by atoms with E-state index in [2.05, 4.69) is 147 Å². The van der Waals surface area contributed by atoms with Crippen LogP contribution in [0.3, 0.4) is 0 Å². The third-order valence-electron chi connectivity index (χ3n) is 9.81. The lowest BCUT2D eigenvalue weighted by Gasteiger charge is -2.20. The minimum atomic E-state index is 0.728. The van der Waals surface area contributed by atoms with E-state index in [1.165, 1.54) is 44.3 Å². The number of aryl methyl sites for hydroxylation is 3. The maximum atomic E-state index is 6.56. The van der Waals surface area contributed by atoms with Crippen LogP contribution in [-0.2, 0) is 0 Å². The maximum Gasteiger partial charge on any atom is 0.137 e. The summed E-state index contributed by atoms with van der Waals surface area (Å²) in [5.41, 5.74) is 13.7. The average Bonchev–Trinajstić information content (AvgIpc) is 3.79. The zero-order chi connectivity index (χ0) is 35.2. The van der Waals surface area contributed by atoms with Crippen molar-refractivity contribution in [3.05, 3.63) is 181 Å². The van der Waals surface area contributed by atoms with Gasteiger partial charge in [0.15, 0.2) is 0 Å². The lowest BCUT2D eigenvalue weighted by atomic mass is 9.83. The summed E-state index contributed by atoms with van der Waals surface area (Å²) in [6.45, 7) is 6.50. The molecule has 0 saturated heterocycles. The predicted octanol–water partition coefficient (Wildman–Crippen LogP) is 12.1. The molecule has 0 bridgehead atoms. The fourth-order valence-corrected chi connectivity index (χ4v) is 7.55. The van der Waals surface area contributed by atoms with Gasteiger partial charge in [-0.2, -0.15) is 5.10 Å². The molecule has 52 heavy (non-hydrogen) atoms. The summed E-state index contributed by atoms with van der Waals surface area (Å²) in [6, 6.07) is 50.6. The number of nitrogens with zero attached hydrogens (tertiary/aromatic N) is 4. The Balaban J connectivity index is 1.11. The third-order valence-corrected chi connectivity index (χ3v) is 9.81. The smallest absolute Gasteiger partial charge is 0.137 e. The van der Waals surface area contributed by atoms with Crippen molar-refractivity contribution in [2.45, 2.75) is 20.8 Å². The van der Waals surface area contributed by atoms with Gasteiger partial charge in [0.2, 0.25) is 0 Å². The molecule has 3 heterocycles. The van der Waals surface area contributed by atoms with Gasteiger partial charge in [0, 0.05) is 46.4 Å². The topological polar surface area (TPSA) is 44.9 Å². The second kappa shape index (κ2) is 12.9. The minimum Gasteiger partial charge on any atom is -0.457 e. The van der Waals surface area contributed by atoms with E-state index in [-0.39, 0.29) is 0 Å². The van der Waals surface area contributed by atoms with Gasteiger partial charge in [0.25, 0.3) is 0 Å². The van der Waals surface area contributed by atoms with Gasteiger partial charge in [-0.25, -0.2) is 9.67 Å². The number of hydrogen-bond donors (Lipinski definition) is 0. The van der Waals surface area contributed by atoms with E-state index in [0.717, 1.165) is 50.6 Å². The molecule has 6 aromatic carbocycles. The van der Waals surface area contributed by atoms with Crippen molar-refractivity contribution < 1.29 is 4.74 Å². The molecule has 3 aromatic heterocycles. The molecule has 0 saturated carbocycles. The van der Waals surface area contributed by atoms with Gasteiger partial charge >= 0.3 is 0 Å². The summed E-state index contributed by atoms with van der Waals surface area (Å²) in [5, 5.41) is 7.24. The molecule has 0 unspecified atom stereocenters. The van der Waals surface area contributed by atoms with Crippen LogP contribution in [0.2, 0.25) is 0 Å². The van der Waals surface area contributed by atoms with Gasteiger partial charge in [-0.3, -0.25) is 4.57 Å². The number of benzene rings is 6. The van der Waals surface area contributed by atoms with Crippen LogP contribution >= 0.6 is 0 Å². The number of para-hydroxylation sites is 1. The first-order valence-corrected chi connectivity index (χ1v) is 17.6. The van der Waals surface area contributed by atoms with Crippen molar-refractivity contribution in [1.82, 2.24) is 19.3 Å². The Morgan fingerprint density at radius 1 is 0.519 bits per heavy atom. The molecule has 5 nitrogen and oxygen atoms in total. The van der Waals surface area contributed by atoms with Crippen LogP contribution in [0.5, 0.6) is 11.5 Å². The van der Waals surface area contributed by atoms with E-state index in [9.17, 15) is 0 Å². The van der Waals surface area contributed by atoms with Crippen molar-refractivity contribution in [2.24, 2.45) is 0 Å². The second-order valence-corrected chi connectivity index (χ2v) is 13.4. The molecule has 0 N–H and O–H groups in total. The fraction of sp³-hybridized carbons (Fsp3) is 0.0638. The number of fused-ring (bicyclic) bond motifs is 3. The molecule has 0 fully saturated rings. The largest absolute Gasteiger partial charge is 0.457 e. The highest BCUT2D eigenvalue weighted by Gasteiger charge is 2.21. The Morgan fingerprint density at radius 3 is 1.92 bits per heavy atom. The normalized spacial score (nSPS) is 11.4. The Morgan fingerprint density at radius 2 is 1.19 bits per heavy atom. The molecule has 0 aliphatic heterocycles. The van der Waals surface area contributed by atoms with Gasteiger partial charge < -0.3 is 4.74 Å². The third kappa shape index (κ3) is 5.53. The molecule has 0 amide bonds. The number of pyridine rings is 1. The predicted molar refractivity (Wildman–Crippen MR) is 213 cm³/mol. The van der Waals surface area contributed by atoms with Crippen LogP contribution in [0.1, 0.15) is 16.7 Å². The molecule has 0 aliphatic carbocycles. The van der Waals surface area contributed by atoms with E-state index in [4.69, 9.17) is 14.8 Å². The molecular weight excluding hydrogens is 637 g/mol. The second-order valence-electron chi connectivity index (χ2n) is 13.4. The summed E-state index contributed by atoms with van der Waals surface area (Å²) in [6.07, 6.45) is 5.97. The van der Waals surface area contributed by atoms with Crippen LogP contribution in [0.4, 0.5) is 0 Å². The average molecular weight is 673 g/mol. The molecule has 0 aliphatic rings. The Bertz CT molecular complexity index is 2680. The first kappa shape index (κ1) is 31.3. The van der Waals surface area contributed by atoms with E-state index in [1.807, 2.05) is 47.4 Å². The quantitative estimate of drug-likeness (QED) is 0.169. The van der Waals surface area contributed by atoms with Crippen LogP contribution in [0, 0.1) is 20.8 Å². The van der Waals surface area contributed by atoms with Crippen LogP contribution < -0.4 is 4.74 Å². The molecule has 250 valence electrons. The Hall–Kier alpha value is -6.72. The summed E-state index contributed by atoms with van der Waals surface area (Å²) < 4.78 is 10.7. The van der Waals surface area contributed by atoms with E-state index >= 15 is 0 Å². The molecule has 0 spiro atoms. The molecule has 9 aromatic rings.